The Hall–Kier alpha value is -1.76. The number of para-hydroxylation sites is 1. The SMILES string of the molecule is c1ccc([Se]c2oc3ccccc3c2[Se]c2ccccc2)cc1. The Kier molecular flexibility index (Phi) is 4.37. The molecule has 112 valence electrons. The predicted molar refractivity (Wildman–Crippen MR) is 99.1 cm³/mol. The first-order valence-corrected chi connectivity index (χ1v) is 10.8. The molecule has 0 aliphatic heterocycles. The molecule has 0 fully saturated rings. The van der Waals surface area contributed by atoms with Crippen LogP contribution in [0, 0.1) is 0 Å². The summed E-state index contributed by atoms with van der Waals surface area (Å²) in [5.74, 6) is 0. The van der Waals surface area contributed by atoms with Gasteiger partial charge in [0.15, 0.2) is 0 Å². The monoisotopic (exact) mass is 430 g/mol. The second-order valence-corrected chi connectivity index (χ2v) is 9.51. The molecular formula is C20H14OSe2. The molecule has 0 aliphatic rings. The summed E-state index contributed by atoms with van der Waals surface area (Å²) in [7, 11) is 0. The standard InChI is InChI=1S/C20H14OSe2/c1-3-9-15(10-4-1)22-19-17-13-7-8-14-18(17)21-20(19)23-16-11-5-2-6-12-16/h1-14H. The zero-order valence-corrected chi connectivity index (χ0v) is 15.7. The number of benzene rings is 3. The molecule has 0 amide bonds. The molecule has 23 heavy (non-hydrogen) atoms. The number of hydrogen-bond donors (Lipinski definition) is 0. The molecule has 4 rings (SSSR count). The van der Waals surface area contributed by atoms with E-state index < -0.39 is 0 Å². The summed E-state index contributed by atoms with van der Waals surface area (Å²) in [6.07, 6.45) is 0. The topological polar surface area (TPSA) is 13.1 Å². The van der Waals surface area contributed by atoms with Crippen molar-refractivity contribution in [1.82, 2.24) is 0 Å². The third-order valence-corrected chi connectivity index (χ3v) is 8.49. The number of furan rings is 1. The van der Waals surface area contributed by atoms with Gasteiger partial charge in [-0.2, -0.15) is 0 Å². The summed E-state index contributed by atoms with van der Waals surface area (Å²) < 4.78 is 11.5. The van der Waals surface area contributed by atoms with Crippen LogP contribution >= 0.6 is 0 Å². The summed E-state index contributed by atoms with van der Waals surface area (Å²) in [5, 5.41) is 1.27. The molecule has 0 N–H and O–H groups in total. The molecule has 1 aromatic heterocycles. The van der Waals surface area contributed by atoms with Gasteiger partial charge in [0.2, 0.25) is 0 Å². The molecule has 1 nitrogen and oxygen atoms in total. The van der Waals surface area contributed by atoms with E-state index in [1.165, 1.54) is 18.8 Å². The van der Waals surface area contributed by atoms with E-state index in [9.17, 15) is 0 Å². The Balaban J connectivity index is 1.78. The van der Waals surface area contributed by atoms with Crippen molar-refractivity contribution in [2.24, 2.45) is 0 Å². The van der Waals surface area contributed by atoms with Gasteiger partial charge in [-0.15, -0.1) is 0 Å². The molecule has 0 spiro atoms. The van der Waals surface area contributed by atoms with Crippen molar-refractivity contribution in [3.8, 4) is 0 Å². The second kappa shape index (κ2) is 6.78. The molecule has 3 heteroatoms. The Bertz CT molecular complexity index is 914. The van der Waals surface area contributed by atoms with Gasteiger partial charge in [0, 0.05) is 0 Å². The summed E-state index contributed by atoms with van der Waals surface area (Å²) in [6.45, 7) is 0. The maximum absolute atomic E-state index is 6.22. The third-order valence-electron chi connectivity index (χ3n) is 3.44. The van der Waals surface area contributed by atoms with Gasteiger partial charge < -0.3 is 0 Å². The molecule has 0 atom stereocenters. The summed E-state index contributed by atoms with van der Waals surface area (Å²) in [4.78, 5) is 0. The van der Waals surface area contributed by atoms with Gasteiger partial charge in [-0.1, -0.05) is 0 Å². The minimum atomic E-state index is 0.201. The van der Waals surface area contributed by atoms with Gasteiger partial charge >= 0.3 is 148 Å². The predicted octanol–water partition coefficient (Wildman–Crippen LogP) is 1.74. The van der Waals surface area contributed by atoms with E-state index in [2.05, 4.69) is 78.9 Å². The van der Waals surface area contributed by atoms with Crippen LogP contribution in [0.1, 0.15) is 0 Å². The van der Waals surface area contributed by atoms with E-state index in [0.717, 1.165) is 10.2 Å². The van der Waals surface area contributed by atoms with Crippen molar-refractivity contribution in [3.63, 3.8) is 0 Å². The molecule has 3 aromatic carbocycles. The normalized spacial score (nSPS) is 11.0. The van der Waals surface area contributed by atoms with Crippen molar-refractivity contribution in [2.45, 2.75) is 0 Å². The van der Waals surface area contributed by atoms with E-state index in [1.807, 2.05) is 6.07 Å². The average Bonchev–Trinajstić information content (AvgIpc) is 2.94. The summed E-state index contributed by atoms with van der Waals surface area (Å²) in [6, 6.07) is 29.8. The fourth-order valence-corrected chi connectivity index (χ4v) is 7.00. The van der Waals surface area contributed by atoms with Gasteiger partial charge in [0.25, 0.3) is 0 Å². The number of rotatable bonds is 4. The molecule has 0 saturated carbocycles. The maximum atomic E-state index is 6.22. The first-order chi connectivity index (χ1) is 11.4. The van der Waals surface area contributed by atoms with Crippen LogP contribution in [0.25, 0.3) is 11.0 Å². The summed E-state index contributed by atoms with van der Waals surface area (Å²) in [5.41, 5.74) is 1.01. The van der Waals surface area contributed by atoms with Crippen molar-refractivity contribution >= 4 is 58.9 Å². The van der Waals surface area contributed by atoms with Crippen molar-refractivity contribution < 1.29 is 4.42 Å². The van der Waals surface area contributed by atoms with E-state index in [1.54, 1.807) is 0 Å². The molecular weight excluding hydrogens is 414 g/mol. The van der Waals surface area contributed by atoms with Crippen LogP contribution in [0.5, 0.6) is 0 Å². The first-order valence-electron chi connectivity index (χ1n) is 7.37. The van der Waals surface area contributed by atoms with Crippen LogP contribution in [-0.4, -0.2) is 29.9 Å². The van der Waals surface area contributed by atoms with Crippen LogP contribution in [0.2, 0.25) is 0 Å². The fraction of sp³-hybridized carbons (Fsp3) is 0. The fourth-order valence-electron chi connectivity index (χ4n) is 2.37. The van der Waals surface area contributed by atoms with E-state index in [-0.39, 0.29) is 29.9 Å². The molecule has 4 aromatic rings. The van der Waals surface area contributed by atoms with Crippen LogP contribution < -0.4 is 18.0 Å². The van der Waals surface area contributed by atoms with E-state index >= 15 is 0 Å². The van der Waals surface area contributed by atoms with Crippen molar-refractivity contribution in [1.29, 1.82) is 0 Å². The number of hydrogen-bond acceptors (Lipinski definition) is 1. The Morgan fingerprint density at radius 3 is 1.83 bits per heavy atom. The van der Waals surface area contributed by atoms with Gasteiger partial charge in [0.1, 0.15) is 0 Å². The van der Waals surface area contributed by atoms with Gasteiger partial charge in [-0.25, -0.2) is 0 Å². The van der Waals surface area contributed by atoms with Gasteiger partial charge in [-0.3, -0.25) is 0 Å². The molecule has 1 heterocycles. The zero-order chi connectivity index (χ0) is 15.5. The first kappa shape index (κ1) is 14.8. The van der Waals surface area contributed by atoms with Crippen LogP contribution in [0.3, 0.4) is 0 Å². The average molecular weight is 428 g/mol. The summed E-state index contributed by atoms with van der Waals surface area (Å²) >= 11 is 0.464. The van der Waals surface area contributed by atoms with Gasteiger partial charge in [0.05, 0.1) is 0 Å². The molecule has 0 bridgehead atoms. The van der Waals surface area contributed by atoms with E-state index in [0.29, 0.717) is 0 Å². The van der Waals surface area contributed by atoms with Gasteiger partial charge in [-0.05, 0) is 0 Å². The molecule has 0 saturated heterocycles. The van der Waals surface area contributed by atoms with Crippen LogP contribution in [0.15, 0.2) is 89.3 Å². The van der Waals surface area contributed by atoms with E-state index in [4.69, 9.17) is 4.42 Å². The molecule has 0 radical (unpaired) electrons. The van der Waals surface area contributed by atoms with Crippen molar-refractivity contribution in [3.05, 3.63) is 84.9 Å². The quantitative estimate of drug-likeness (QED) is 0.452. The van der Waals surface area contributed by atoms with Crippen molar-refractivity contribution in [2.75, 3.05) is 0 Å². The van der Waals surface area contributed by atoms with Crippen LogP contribution in [-0.2, 0) is 0 Å². The zero-order valence-electron chi connectivity index (χ0n) is 12.3. The number of fused-ring (bicyclic) bond motifs is 1. The molecule has 0 unspecified atom stereocenters. The molecule has 0 aliphatic carbocycles. The minimum absolute atomic E-state index is 0.201. The van der Waals surface area contributed by atoms with Crippen LogP contribution in [0.4, 0.5) is 0 Å². The third kappa shape index (κ3) is 3.29. The Morgan fingerprint density at radius 2 is 1.13 bits per heavy atom. The second-order valence-electron chi connectivity index (χ2n) is 5.05. The Labute approximate surface area is 148 Å². The Morgan fingerprint density at radius 1 is 0.565 bits per heavy atom.